The van der Waals surface area contributed by atoms with Crippen LogP contribution in [-0.4, -0.2) is 5.11 Å². The first-order valence-electron chi connectivity index (χ1n) is 4.41. The molecule has 1 aromatic carbocycles. The Kier molecular flexibility index (Phi) is 3.25. The van der Waals surface area contributed by atoms with E-state index in [1.54, 1.807) is 13.0 Å². The summed E-state index contributed by atoms with van der Waals surface area (Å²) in [5.74, 6) is -0.310. The van der Waals surface area contributed by atoms with Crippen molar-refractivity contribution in [1.29, 1.82) is 0 Å². The maximum atomic E-state index is 13.0. The molecular formula is C11H14FNO. The van der Waals surface area contributed by atoms with Crippen molar-refractivity contribution in [3.05, 3.63) is 41.7 Å². The number of hydrogen-bond acceptors (Lipinski definition) is 2. The molecule has 76 valence electrons. The monoisotopic (exact) mass is 195 g/mol. The zero-order chi connectivity index (χ0) is 10.7. The molecule has 14 heavy (non-hydrogen) atoms. The summed E-state index contributed by atoms with van der Waals surface area (Å²) < 4.78 is 13.0. The number of phenols is 1. The van der Waals surface area contributed by atoms with Crippen LogP contribution in [0.2, 0.25) is 0 Å². The van der Waals surface area contributed by atoms with E-state index >= 15 is 0 Å². The fourth-order valence-electron chi connectivity index (χ4n) is 1.35. The lowest BCUT2D eigenvalue weighted by atomic mass is 10.0. The first-order valence-corrected chi connectivity index (χ1v) is 4.41. The van der Waals surface area contributed by atoms with Gasteiger partial charge in [0.1, 0.15) is 11.6 Å². The third kappa shape index (κ3) is 2.12. The van der Waals surface area contributed by atoms with Crippen molar-refractivity contribution in [1.82, 2.24) is 0 Å². The van der Waals surface area contributed by atoms with Crippen LogP contribution in [0.4, 0.5) is 4.39 Å². The Morgan fingerprint density at radius 3 is 2.86 bits per heavy atom. The standard InChI is InChI=1S/C11H14FNO/c1-3-4-10(13)9-6-8(12)5-7(2)11(9)14/h3,5-6,10,14H,1,4,13H2,2H3/t10-/m1/s1. The molecule has 0 saturated carbocycles. The summed E-state index contributed by atoms with van der Waals surface area (Å²) in [4.78, 5) is 0. The van der Waals surface area contributed by atoms with Crippen molar-refractivity contribution in [3.63, 3.8) is 0 Å². The molecule has 0 aliphatic carbocycles. The number of nitrogens with two attached hydrogens (primary N) is 1. The number of hydrogen-bond donors (Lipinski definition) is 2. The Labute approximate surface area is 82.9 Å². The molecule has 0 aliphatic heterocycles. The van der Waals surface area contributed by atoms with Crippen molar-refractivity contribution in [2.24, 2.45) is 5.73 Å². The third-order valence-corrected chi connectivity index (χ3v) is 2.11. The van der Waals surface area contributed by atoms with E-state index in [-0.39, 0.29) is 11.6 Å². The molecule has 0 bridgehead atoms. The van der Waals surface area contributed by atoms with Crippen LogP contribution < -0.4 is 5.73 Å². The molecule has 0 fully saturated rings. The molecule has 0 aliphatic rings. The molecule has 1 atom stereocenters. The van der Waals surface area contributed by atoms with Gasteiger partial charge < -0.3 is 10.8 Å². The van der Waals surface area contributed by atoms with E-state index in [2.05, 4.69) is 6.58 Å². The summed E-state index contributed by atoms with van der Waals surface area (Å²) in [5.41, 5.74) is 6.68. The fraction of sp³-hybridized carbons (Fsp3) is 0.273. The van der Waals surface area contributed by atoms with Crippen molar-refractivity contribution < 1.29 is 9.50 Å². The van der Waals surface area contributed by atoms with E-state index < -0.39 is 6.04 Å². The van der Waals surface area contributed by atoms with Crippen LogP contribution in [0.25, 0.3) is 0 Å². The topological polar surface area (TPSA) is 46.2 Å². The Hall–Kier alpha value is -1.35. The Balaban J connectivity index is 3.12. The van der Waals surface area contributed by atoms with Gasteiger partial charge in [0.15, 0.2) is 0 Å². The van der Waals surface area contributed by atoms with Crippen LogP contribution >= 0.6 is 0 Å². The maximum Gasteiger partial charge on any atom is 0.124 e. The lowest BCUT2D eigenvalue weighted by molar-refractivity contribution is 0.454. The molecule has 2 nitrogen and oxygen atoms in total. The van der Waals surface area contributed by atoms with Gasteiger partial charge in [-0.2, -0.15) is 0 Å². The van der Waals surface area contributed by atoms with Crippen LogP contribution in [-0.2, 0) is 0 Å². The van der Waals surface area contributed by atoms with Gasteiger partial charge in [0.25, 0.3) is 0 Å². The second kappa shape index (κ2) is 4.24. The van der Waals surface area contributed by atoms with Crippen LogP contribution in [0.1, 0.15) is 23.6 Å². The van der Waals surface area contributed by atoms with E-state index in [1.165, 1.54) is 12.1 Å². The van der Waals surface area contributed by atoms with Crippen LogP contribution in [0.5, 0.6) is 5.75 Å². The van der Waals surface area contributed by atoms with E-state index in [0.717, 1.165) is 0 Å². The van der Waals surface area contributed by atoms with E-state index in [1.807, 2.05) is 0 Å². The minimum absolute atomic E-state index is 0.0701. The Bertz CT molecular complexity index is 349. The molecule has 3 N–H and O–H groups in total. The number of benzene rings is 1. The van der Waals surface area contributed by atoms with E-state index in [0.29, 0.717) is 17.5 Å². The summed E-state index contributed by atoms with van der Waals surface area (Å²) in [5, 5.41) is 9.64. The quantitative estimate of drug-likeness (QED) is 0.727. The van der Waals surface area contributed by atoms with Gasteiger partial charge in [0, 0.05) is 11.6 Å². The molecule has 0 unspecified atom stereocenters. The zero-order valence-corrected chi connectivity index (χ0v) is 8.13. The minimum Gasteiger partial charge on any atom is -0.507 e. The molecule has 3 heteroatoms. The summed E-state index contributed by atoms with van der Waals surface area (Å²) in [6, 6.07) is 2.14. The van der Waals surface area contributed by atoms with Crippen molar-refractivity contribution in [2.75, 3.05) is 0 Å². The average molecular weight is 195 g/mol. The number of halogens is 1. The first-order chi connectivity index (χ1) is 6.56. The second-order valence-electron chi connectivity index (χ2n) is 3.29. The SMILES string of the molecule is C=CC[C@@H](N)c1cc(F)cc(C)c1O. The first kappa shape index (κ1) is 10.7. The smallest absolute Gasteiger partial charge is 0.124 e. The number of rotatable bonds is 3. The highest BCUT2D eigenvalue weighted by atomic mass is 19.1. The normalized spacial score (nSPS) is 12.5. The summed E-state index contributed by atoms with van der Waals surface area (Å²) >= 11 is 0. The molecule has 0 saturated heterocycles. The Morgan fingerprint density at radius 2 is 2.29 bits per heavy atom. The predicted octanol–water partition coefficient (Wildman–Crippen LogP) is 2.42. The van der Waals surface area contributed by atoms with Gasteiger partial charge >= 0.3 is 0 Å². The predicted molar refractivity (Wildman–Crippen MR) is 54.5 cm³/mol. The lowest BCUT2D eigenvalue weighted by Gasteiger charge is -2.13. The summed E-state index contributed by atoms with van der Waals surface area (Å²) in [6.07, 6.45) is 2.15. The molecule has 1 rings (SSSR count). The number of phenolic OH excluding ortho intramolecular Hbond substituents is 1. The molecule has 0 spiro atoms. The maximum absolute atomic E-state index is 13.0. The molecule has 0 heterocycles. The van der Waals surface area contributed by atoms with Gasteiger partial charge in [-0.15, -0.1) is 6.58 Å². The van der Waals surface area contributed by atoms with Crippen LogP contribution in [0, 0.1) is 12.7 Å². The molecular weight excluding hydrogens is 181 g/mol. The largest absolute Gasteiger partial charge is 0.507 e. The van der Waals surface area contributed by atoms with Crippen molar-refractivity contribution in [2.45, 2.75) is 19.4 Å². The lowest BCUT2D eigenvalue weighted by Crippen LogP contribution is -2.10. The number of aryl methyl sites for hydroxylation is 1. The fourth-order valence-corrected chi connectivity index (χ4v) is 1.35. The van der Waals surface area contributed by atoms with Gasteiger partial charge in [-0.3, -0.25) is 0 Å². The van der Waals surface area contributed by atoms with Gasteiger partial charge in [-0.25, -0.2) is 4.39 Å². The second-order valence-corrected chi connectivity index (χ2v) is 3.29. The summed E-state index contributed by atoms with van der Waals surface area (Å²) in [7, 11) is 0. The molecule has 0 radical (unpaired) electrons. The number of aromatic hydroxyl groups is 1. The third-order valence-electron chi connectivity index (χ3n) is 2.11. The average Bonchev–Trinajstić information content (AvgIpc) is 2.11. The van der Waals surface area contributed by atoms with Gasteiger partial charge in [0.05, 0.1) is 0 Å². The van der Waals surface area contributed by atoms with Crippen molar-refractivity contribution in [3.8, 4) is 5.75 Å². The highest BCUT2D eigenvalue weighted by molar-refractivity contribution is 5.41. The van der Waals surface area contributed by atoms with Crippen molar-refractivity contribution >= 4 is 0 Å². The van der Waals surface area contributed by atoms with E-state index in [9.17, 15) is 9.50 Å². The van der Waals surface area contributed by atoms with Crippen LogP contribution in [0.3, 0.4) is 0 Å². The molecule has 1 aromatic rings. The van der Waals surface area contributed by atoms with Gasteiger partial charge in [0.2, 0.25) is 0 Å². The molecule has 0 aromatic heterocycles. The van der Waals surface area contributed by atoms with Gasteiger partial charge in [-0.1, -0.05) is 6.08 Å². The van der Waals surface area contributed by atoms with Crippen LogP contribution in [0.15, 0.2) is 24.8 Å². The van der Waals surface area contributed by atoms with Gasteiger partial charge in [-0.05, 0) is 31.0 Å². The van der Waals surface area contributed by atoms with E-state index in [4.69, 9.17) is 5.73 Å². The molecule has 0 amide bonds. The summed E-state index contributed by atoms with van der Waals surface area (Å²) in [6.45, 7) is 5.19. The Morgan fingerprint density at radius 1 is 1.64 bits per heavy atom. The zero-order valence-electron chi connectivity index (χ0n) is 8.13. The highest BCUT2D eigenvalue weighted by Gasteiger charge is 2.12. The highest BCUT2D eigenvalue weighted by Crippen LogP contribution is 2.29. The minimum atomic E-state index is -0.401.